The van der Waals surface area contributed by atoms with Gasteiger partial charge in [0.05, 0.1) is 37.6 Å². The van der Waals surface area contributed by atoms with Crippen LogP contribution in [-0.4, -0.2) is 59.6 Å². The zero-order valence-corrected chi connectivity index (χ0v) is 35.2. The van der Waals surface area contributed by atoms with Gasteiger partial charge >= 0.3 is 11.9 Å². The molecule has 2 aliphatic carbocycles. The highest BCUT2D eigenvalue weighted by Crippen LogP contribution is 2.48. The molecular formula is C47H75ClO7. The molecule has 55 heavy (non-hydrogen) atoms. The number of esters is 2. The van der Waals surface area contributed by atoms with E-state index in [1.807, 2.05) is 12.1 Å². The molecule has 1 aromatic carbocycles. The number of hydrogen-bond donors (Lipinski definition) is 2. The van der Waals surface area contributed by atoms with E-state index in [9.17, 15) is 19.8 Å². The van der Waals surface area contributed by atoms with Crippen LogP contribution >= 0.6 is 11.6 Å². The molecule has 2 N–H and O–H groups in total. The summed E-state index contributed by atoms with van der Waals surface area (Å²) in [5.41, 5.74) is 0.529. The first kappa shape index (κ1) is 47.0. The average molecular weight is 788 g/mol. The van der Waals surface area contributed by atoms with E-state index < -0.39 is 12.1 Å². The zero-order chi connectivity index (χ0) is 39.6. The number of ether oxygens (including phenoxy) is 3. The minimum Gasteiger partial charge on any atom is -0.494 e. The van der Waals surface area contributed by atoms with Crippen molar-refractivity contribution in [2.75, 3.05) is 19.8 Å². The summed E-state index contributed by atoms with van der Waals surface area (Å²) >= 11 is 6.63. The smallest absolute Gasteiger partial charge is 0.338 e. The molecule has 2 saturated carbocycles. The van der Waals surface area contributed by atoms with E-state index in [-0.39, 0.29) is 47.9 Å². The van der Waals surface area contributed by atoms with Gasteiger partial charge in [-0.05, 0) is 87.3 Å². The van der Waals surface area contributed by atoms with Gasteiger partial charge in [-0.15, -0.1) is 11.6 Å². The van der Waals surface area contributed by atoms with Gasteiger partial charge < -0.3 is 24.4 Å². The lowest BCUT2D eigenvalue weighted by atomic mass is 9.63. The van der Waals surface area contributed by atoms with Crippen LogP contribution < -0.4 is 4.74 Å². The van der Waals surface area contributed by atoms with Crippen LogP contribution in [0, 0.1) is 17.3 Å². The van der Waals surface area contributed by atoms with Gasteiger partial charge in [-0.3, -0.25) is 4.79 Å². The topological polar surface area (TPSA) is 102 Å². The molecule has 0 bridgehead atoms. The Morgan fingerprint density at radius 2 is 1.53 bits per heavy atom. The summed E-state index contributed by atoms with van der Waals surface area (Å²) < 4.78 is 16.6. The van der Waals surface area contributed by atoms with E-state index in [4.69, 9.17) is 25.8 Å². The highest BCUT2D eigenvalue weighted by Gasteiger charge is 2.42. The van der Waals surface area contributed by atoms with Crippen molar-refractivity contribution in [3.8, 4) is 5.75 Å². The number of carbonyl (C=O) groups is 2. The molecular weight excluding hydrogens is 712 g/mol. The molecule has 0 radical (unpaired) electrons. The van der Waals surface area contributed by atoms with Crippen molar-refractivity contribution in [2.24, 2.45) is 17.3 Å². The number of unbranched alkanes of at least 4 members (excludes halogenated alkanes) is 13. The van der Waals surface area contributed by atoms with Crippen molar-refractivity contribution in [1.82, 2.24) is 0 Å². The van der Waals surface area contributed by atoms with Crippen LogP contribution in [0.4, 0.5) is 0 Å². The molecule has 3 rings (SSSR count). The maximum absolute atomic E-state index is 12.6. The van der Waals surface area contributed by atoms with E-state index in [1.165, 1.54) is 77.0 Å². The Morgan fingerprint density at radius 3 is 2.18 bits per heavy atom. The summed E-state index contributed by atoms with van der Waals surface area (Å²) in [4.78, 5) is 24.8. The Labute approximate surface area is 339 Å². The number of hydrogen-bond acceptors (Lipinski definition) is 7. The van der Waals surface area contributed by atoms with E-state index >= 15 is 0 Å². The third-order valence-electron chi connectivity index (χ3n) is 12.0. The Hall–Kier alpha value is -2.35. The molecule has 0 saturated heterocycles. The Balaban J connectivity index is 1.18. The maximum Gasteiger partial charge on any atom is 0.338 e. The number of alkyl halides is 1. The molecule has 0 amide bonds. The summed E-state index contributed by atoms with van der Waals surface area (Å²) in [7, 11) is 0. The number of aliphatic hydroxyl groups excluding tert-OH is 2. The maximum atomic E-state index is 12.6. The largest absolute Gasteiger partial charge is 0.494 e. The van der Waals surface area contributed by atoms with Gasteiger partial charge in [-0.25, -0.2) is 4.79 Å². The van der Waals surface area contributed by atoms with Crippen LogP contribution in [0.25, 0.3) is 0 Å². The standard InChI is InChI=1S/C47H75ClO7/c1-3-5-6-7-8-9-10-11-12-13-14-17-20-33-53-39-26-21-25-38(36-39)46(52)55-35-24-34-54-45(51)30-19-16-15-18-27-40-41(43(49)37-42(40)48)28-22-29-44(50)47(4-2)31-23-32-47/h15,18,21-22,25-26,28,36,40-44,49-50H,3-14,16-17,19-20,23-24,27,29-35,37H2,1-2H3/t40-,41-,42-,43-,44-/m1/s1. The molecule has 0 heterocycles. The predicted octanol–water partition coefficient (Wildman–Crippen LogP) is 11.9. The average Bonchev–Trinajstić information content (AvgIpc) is 3.43. The molecule has 1 aromatic rings. The van der Waals surface area contributed by atoms with E-state index in [0.29, 0.717) is 50.0 Å². The lowest BCUT2D eigenvalue weighted by Gasteiger charge is -2.45. The normalized spacial score (nSPS) is 21.2. The first-order valence-corrected chi connectivity index (χ1v) is 22.6. The second kappa shape index (κ2) is 28.1. The van der Waals surface area contributed by atoms with Crippen LogP contribution in [0.15, 0.2) is 48.6 Å². The molecule has 7 nitrogen and oxygen atoms in total. The molecule has 0 unspecified atom stereocenters. The van der Waals surface area contributed by atoms with Gasteiger partial charge in [0.1, 0.15) is 5.75 Å². The first-order valence-electron chi connectivity index (χ1n) is 22.2. The fourth-order valence-electron chi connectivity index (χ4n) is 8.16. The fourth-order valence-corrected chi connectivity index (χ4v) is 8.61. The molecule has 5 atom stereocenters. The third kappa shape index (κ3) is 18.2. The van der Waals surface area contributed by atoms with Crippen molar-refractivity contribution in [1.29, 1.82) is 0 Å². The number of carbonyl (C=O) groups excluding carboxylic acids is 2. The van der Waals surface area contributed by atoms with Gasteiger partial charge in [-0.1, -0.05) is 128 Å². The zero-order valence-electron chi connectivity index (χ0n) is 34.4. The van der Waals surface area contributed by atoms with Crippen molar-refractivity contribution in [2.45, 2.75) is 186 Å². The van der Waals surface area contributed by atoms with E-state index in [0.717, 1.165) is 44.9 Å². The summed E-state index contributed by atoms with van der Waals surface area (Å²) in [5, 5.41) is 21.3. The highest BCUT2D eigenvalue weighted by molar-refractivity contribution is 6.21. The highest BCUT2D eigenvalue weighted by atomic mass is 35.5. The van der Waals surface area contributed by atoms with E-state index in [1.54, 1.807) is 18.2 Å². The van der Waals surface area contributed by atoms with Crippen molar-refractivity contribution >= 4 is 23.5 Å². The SMILES string of the molecule is CCCCCCCCCCCCCCCOc1cccc(C(=O)OCCCOC(=O)CCCC=CC[C@@H]2[C@@H](C=CC[C@@H](O)C3(CC)CCC3)[C@H](O)C[C@H]2Cl)c1. The number of benzene rings is 1. The number of rotatable bonds is 31. The summed E-state index contributed by atoms with van der Waals surface area (Å²) in [6, 6.07) is 7.12. The number of aliphatic hydroxyl groups is 2. The first-order chi connectivity index (χ1) is 26.8. The van der Waals surface area contributed by atoms with Crippen LogP contribution in [0.3, 0.4) is 0 Å². The fraction of sp³-hybridized carbons (Fsp3) is 0.745. The van der Waals surface area contributed by atoms with Gasteiger partial charge in [0.2, 0.25) is 0 Å². The minimum absolute atomic E-state index is 0.0181. The van der Waals surface area contributed by atoms with Crippen molar-refractivity contribution < 1.29 is 34.0 Å². The van der Waals surface area contributed by atoms with E-state index in [2.05, 4.69) is 32.1 Å². The second-order valence-corrected chi connectivity index (χ2v) is 16.8. The molecule has 8 heteroatoms. The van der Waals surface area contributed by atoms with Gasteiger partial charge in [0, 0.05) is 24.1 Å². The van der Waals surface area contributed by atoms with Gasteiger partial charge in [-0.2, -0.15) is 0 Å². The van der Waals surface area contributed by atoms with Crippen LogP contribution in [0.2, 0.25) is 0 Å². The van der Waals surface area contributed by atoms with Crippen molar-refractivity contribution in [3.63, 3.8) is 0 Å². The number of halogens is 1. The molecule has 2 aliphatic rings. The minimum atomic E-state index is -0.467. The summed E-state index contributed by atoms with van der Waals surface area (Å²) in [5.74, 6) is 0.130. The third-order valence-corrected chi connectivity index (χ3v) is 12.5. The van der Waals surface area contributed by atoms with Gasteiger partial charge in [0.15, 0.2) is 0 Å². The molecule has 312 valence electrons. The van der Waals surface area contributed by atoms with Crippen LogP contribution in [-0.2, 0) is 14.3 Å². The summed E-state index contributed by atoms with van der Waals surface area (Å²) in [6.07, 6.45) is 33.1. The Bertz CT molecular complexity index is 1240. The summed E-state index contributed by atoms with van der Waals surface area (Å²) in [6.45, 7) is 5.45. The predicted molar refractivity (Wildman–Crippen MR) is 225 cm³/mol. The molecule has 0 aromatic heterocycles. The second-order valence-electron chi connectivity index (χ2n) is 16.2. The van der Waals surface area contributed by atoms with Crippen LogP contribution in [0.5, 0.6) is 5.75 Å². The monoisotopic (exact) mass is 787 g/mol. The Kier molecular flexibility index (Phi) is 24.0. The molecule has 2 fully saturated rings. The van der Waals surface area contributed by atoms with Gasteiger partial charge in [0.25, 0.3) is 0 Å². The molecule has 0 spiro atoms. The number of allylic oxidation sites excluding steroid dienone is 2. The lowest BCUT2D eigenvalue weighted by Crippen LogP contribution is -2.40. The quantitative estimate of drug-likeness (QED) is 0.0334. The Morgan fingerprint density at radius 1 is 0.855 bits per heavy atom. The lowest BCUT2D eigenvalue weighted by molar-refractivity contribution is -0.144. The molecule has 0 aliphatic heterocycles. The van der Waals surface area contributed by atoms with Crippen molar-refractivity contribution in [3.05, 3.63) is 54.1 Å². The van der Waals surface area contributed by atoms with Crippen LogP contribution in [0.1, 0.15) is 178 Å².